The summed E-state index contributed by atoms with van der Waals surface area (Å²) in [4.78, 5) is 11.4. The van der Waals surface area contributed by atoms with E-state index in [1.54, 1.807) is 12.1 Å². The summed E-state index contributed by atoms with van der Waals surface area (Å²) < 4.78 is 13.7. The highest BCUT2D eigenvalue weighted by Crippen LogP contribution is 2.38. The van der Waals surface area contributed by atoms with Crippen LogP contribution in [-0.2, 0) is 0 Å². The van der Waals surface area contributed by atoms with Crippen LogP contribution in [0, 0.1) is 5.82 Å². The number of piperidine rings is 1. The van der Waals surface area contributed by atoms with Gasteiger partial charge in [-0.05, 0) is 43.9 Å². The number of benzene rings is 1. The quantitative estimate of drug-likeness (QED) is 0.937. The molecule has 2 heterocycles. The zero-order valence-electron chi connectivity index (χ0n) is 13.1. The molecule has 2 aliphatic rings. The molecule has 0 spiro atoms. The molecule has 4 rings (SSSR count). The standard InChI is InChI=1S/C18H21FN4/c19-15-3-1-2-4-16(15)21-14-8-11-23(12-9-14)17-7-10-20-18(22-17)13-5-6-13/h1-4,7,10,13-14,21H,5-6,8-9,11-12H2. The van der Waals surface area contributed by atoms with Gasteiger partial charge in [0.05, 0.1) is 5.69 Å². The maximum absolute atomic E-state index is 13.7. The number of aromatic nitrogens is 2. The minimum absolute atomic E-state index is 0.181. The minimum Gasteiger partial charge on any atom is -0.380 e. The monoisotopic (exact) mass is 312 g/mol. The molecule has 1 saturated carbocycles. The van der Waals surface area contributed by atoms with Gasteiger partial charge in [-0.2, -0.15) is 0 Å². The minimum atomic E-state index is -0.181. The molecule has 23 heavy (non-hydrogen) atoms. The lowest BCUT2D eigenvalue weighted by Crippen LogP contribution is -2.39. The zero-order valence-corrected chi connectivity index (χ0v) is 13.1. The Balaban J connectivity index is 1.37. The van der Waals surface area contributed by atoms with Crippen LogP contribution in [0.3, 0.4) is 0 Å². The van der Waals surface area contributed by atoms with Gasteiger partial charge < -0.3 is 10.2 Å². The summed E-state index contributed by atoms with van der Waals surface area (Å²) in [6.07, 6.45) is 6.28. The Bertz CT molecular complexity index is 678. The number of anilines is 2. The highest BCUT2D eigenvalue weighted by atomic mass is 19.1. The second-order valence-corrected chi connectivity index (χ2v) is 6.43. The van der Waals surface area contributed by atoms with Gasteiger partial charge in [0.1, 0.15) is 17.5 Å². The first-order chi connectivity index (χ1) is 11.3. The normalized spacial score (nSPS) is 18.9. The molecule has 1 saturated heterocycles. The second-order valence-electron chi connectivity index (χ2n) is 6.43. The van der Waals surface area contributed by atoms with Crippen molar-refractivity contribution in [2.24, 2.45) is 0 Å². The molecule has 0 amide bonds. The van der Waals surface area contributed by atoms with Crippen LogP contribution >= 0.6 is 0 Å². The van der Waals surface area contributed by atoms with Crippen molar-refractivity contribution >= 4 is 11.5 Å². The average Bonchev–Trinajstić information content (AvgIpc) is 3.43. The highest BCUT2D eigenvalue weighted by molar-refractivity contribution is 5.46. The van der Waals surface area contributed by atoms with Gasteiger partial charge in [-0.15, -0.1) is 0 Å². The number of nitrogens with one attached hydrogen (secondary N) is 1. The van der Waals surface area contributed by atoms with Crippen LogP contribution in [0.4, 0.5) is 15.9 Å². The molecule has 5 heteroatoms. The molecule has 0 radical (unpaired) electrons. The smallest absolute Gasteiger partial charge is 0.146 e. The van der Waals surface area contributed by atoms with E-state index >= 15 is 0 Å². The van der Waals surface area contributed by atoms with E-state index in [1.165, 1.54) is 18.9 Å². The zero-order chi connectivity index (χ0) is 15.6. The van der Waals surface area contributed by atoms with Crippen molar-refractivity contribution in [1.82, 2.24) is 9.97 Å². The lowest BCUT2D eigenvalue weighted by molar-refractivity contribution is 0.518. The summed E-state index contributed by atoms with van der Waals surface area (Å²) in [6, 6.07) is 9.19. The van der Waals surface area contributed by atoms with Crippen LogP contribution in [0.1, 0.15) is 37.4 Å². The van der Waals surface area contributed by atoms with Crippen molar-refractivity contribution < 1.29 is 4.39 Å². The fraction of sp³-hybridized carbons (Fsp3) is 0.444. The van der Waals surface area contributed by atoms with Crippen molar-refractivity contribution in [3.05, 3.63) is 48.2 Å². The number of rotatable bonds is 4. The molecule has 4 nitrogen and oxygen atoms in total. The maximum Gasteiger partial charge on any atom is 0.146 e. The van der Waals surface area contributed by atoms with Gasteiger partial charge in [-0.3, -0.25) is 0 Å². The molecule has 120 valence electrons. The summed E-state index contributed by atoms with van der Waals surface area (Å²) in [5.74, 6) is 2.43. The van der Waals surface area contributed by atoms with Crippen LogP contribution in [0.15, 0.2) is 36.5 Å². The summed E-state index contributed by atoms with van der Waals surface area (Å²) in [6.45, 7) is 1.88. The Hall–Kier alpha value is -2.17. The fourth-order valence-corrected chi connectivity index (χ4v) is 3.13. The number of nitrogens with zero attached hydrogens (tertiary/aromatic N) is 3. The molecular weight excluding hydrogens is 291 g/mol. The number of para-hydroxylation sites is 1. The Labute approximate surface area is 135 Å². The Morgan fingerprint density at radius 3 is 2.57 bits per heavy atom. The maximum atomic E-state index is 13.7. The first-order valence-corrected chi connectivity index (χ1v) is 8.38. The van der Waals surface area contributed by atoms with Crippen molar-refractivity contribution in [3.8, 4) is 0 Å². The molecular formula is C18H21FN4. The van der Waals surface area contributed by atoms with Gasteiger partial charge in [0.2, 0.25) is 0 Å². The third-order valence-corrected chi connectivity index (χ3v) is 4.65. The van der Waals surface area contributed by atoms with Gasteiger partial charge in [-0.1, -0.05) is 12.1 Å². The average molecular weight is 312 g/mol. The SMILES string of the molecule is Fc1ccccc1NC1CCN(c2ccnc(C3CC3)n2)CC1. The summed E-state index contributed by atoms with van der Waals surface area (Å²) in [7, 11) is 0. The van der Waals surface area contributed by atoms with E-state index in [-0.39, 0.29) is 5.82 Å². The molecule has 1 aromatic carbocycles. The number of hydrogen-bond donors (Lipinski definition) is 1. The summed E-state index contributed by atoms with van der Waals surface area (Å²) in [5.41, 5.74) is 0.601. The van der Waals surface area contributed by atoms with Crippen molar-refractivity contribution in [3.63, 3.8) is 0 Å². The fourth-order valence-electron chi connectivity index (χ4n) is 3.13. The summed E-state index contributed by atoms with van der Waals surface area (Å²) >= 11 is 0. The largest absolute Gasteiger partial charge is 0.380 e. The summed E-state index contributed by atoms with van der Waals surface area (Å²) in [5, 5.41) is 3.33. The van der Waals surface area contributed by atoms with Crippen LogP contribution < -0.4 is 10.2 Å². The van der Waals surface area contributed by atoms with Crippen molar-refractivity contribution in [2.75, 3.05) is 23.3 Å². The first-order valence-electron chi connectivity index (χ1n) is 8.38. The Kier molecular flexibility index (Phi) is 3.85. The van der Waals surface area contributed by atoms with E-state index in [0.717, 1.165) is 37.6 Å². The molecule has 2 fully saturated rings. The molecule has 1 aliphatic heterocycles. The highest BCUT2D eigenvalue weighted by Gasteiger charge is 2.27. The van der Waals surface area contributed by atoms with Gasteiger partial charge in [0, 0.05) is 31.2 Å². The van der Waals surface area contributed by atoms with E-state index in [1.807, 2.05) is 18.3 Å². The van der Waals surface area contributed by atoms with Crippen LogP contribution in [0.5, 0.6) is 0 Å². The van der Waals surface area contributed by atoms with Crippen molar-refractivity contribution in [1.29, 1.82) is 0 Å². The predicted octanol–water partition coefficient (Wildman–Crippen LogP) is 3.57. The molecule has 0 bridgehead atoms. The van der Waals surface area contributed by atoms with E-state index in [2.05, 4.69) is 15.2 Å². The van der Waals surface area contributed by atoms with Gasteiger partial charge >= 0.3 is 0 Å². The molecule has 0 unspecified atom stereocenters. The second kappa shape index (κ2) is 6.14. The van der Waals surface area contributed by atoms with Crippen LogP contribution in [0.2, 0.25) is 0 Å². The van der Waals surface area contributed by atoms with E-state index in [9.17, 15) is 4.39 Å². The topological polar surface area (TPSA) is 41.0 Å². The first kappa shape index (κ1) is 14.4. The van der Waals surface area contributed by atoms with E-state index in [4.69, 9.17) is 4.98 Å². The third-order valence-electron chi connectivity index (χ3n) is 4.65. The lowest BCUT2D eigenvalue weighted by atomic mass is 10.0. The van der Waals surface area contributed by atoms with Crippen LogP contribution in [-0.4, -0.2) is 29.1 Å². The Morgan fingerprint density at radius 1 is 1.04 bits per heavy atom. The third kappa shape index (κ3) is 3.28. The van der Waals surface area contributed by atoms with Gasteiger partial charge in [0.15, 0.2) is 0 Å². The molecule has 1 aliphatic carbocycles. The number of hydrogen-bond acceptors (Lipinski definition) is 4. The van der Waals surface area contributed by atoms with E-state index < -0.39 is 0 Å². The lowest BCUT2D eigenvalue weighted by Gasteiger charge is -2.33. The number of halogens is 1. The molecule has 2 aromatic rings. The Morgan fingerprint density at radius 2 is 1.83 bits per heavy atom. The molecule has 0 atom stereocenters. The molecule has 1 aromatic heterocycles. The van der Waals surface area contributed by atoms with Crippen molar-refractivity contribution in [2.45, 2.75) is 37.6 Å². The van der Waals surface area contributed by atoms with Crippen LogP contribution in [0.25, 0.3) is 0 Å². The van der Waals surface area contributed by atoms with E-state index in [0.29, 0.717) is 17.6 Å². The van der Waals surface area contributed by atoms with Gasteiger partial charge in [-0.25, -0.2) is 14.4 Å². The molecule has 1 N–H and O–H groups in total. The predicted molar refractivity (Wildman–Crippen MR) is 89.3 cm³/mol. The van der Waals surface area contributed by atoms with Gasteiger partial charge in [0.25, 0.3) is 0 Å².